The molecule has 8 nitrogen and oxygen atoms in total. The number of hydrogen-bond acceptors (Lipinski definition) is 5. The maximum Gasteiger partial charge on any atom is 0.255 e. The molecule has 0 bridgehead atoms. The number of benzene rings is 2. The Kier molecular flexibility index (Phi) is 6.64. The summed E-state index contributed by atoms with van der Waals surface area (Å²) in [7, 11) is -2.39. The summed E-state index contributed by atoms with van der Waals surface area (Å²) in [4.78, 5) is 23.9. The zero-order chi connectivity index (χ0) is 21.9. The Bertz CT molecular complexity index is 1070. The van der Waals surface area contributed by atoms with E-state index < -0.39 is 21.8 Å². The van der Waals surface area contributed by atoms with Gasteiger partial charge >= 0.3 is 0 Å². The fourth-order valence-electron chi connectivity index (χ4n) is 3.30. The van der Waals surface area contributed by atoms with E-state index in [0.29, 0.717) is 29.2 Å². The molecule has 1 aliphatic heterocycles. The summed E-state index contributed by atoms with van der Waals surface area (Å²) < 4.78 is 32.7. The molecule has 3 N–H and O–H groups in total. The molecule has 0 atom stereocenters. The average molecular weight is 452 g/mol. The van der Waals surface area contributed by atoms with Crippen LogP contribution in [0.5, 0.6) is 5.75 Å². The summed E-state index contributed by atoms with van der Waals surface area (Å²) in [5.74, 6) is -0.869. The SMILES string of the molecule is COc1ccc(S(=O)(=O)N2CCC(C(N)=O)CC2)cc1NC(=O)c1cccc(Cl)c1. The largest absolute Gasteiger partial charge is 0.495 e. The number of carbonyl (C=O) groups excluding carboxylic acids is 2. The second-order valence-electron chi connectivity index (χ2n) is 6.91. The molecule has 0 radical (unpaired) electrons. The van der Waals surface area contributed by atoms with E-state index >= 15 is 0 Å². The lowest BCUT2D eigenvalue weighted by Gasteiger charge is -2.29. The number of nitrogens with one attached hydrogen (secondary N) is 1. The summed E-state index contributed by atoms with van der Waals surface area (Å²) in [6.45, 7) is 0.401. The van der Waals surface area contributed by atoms with Gasteiger partial charge in [-0.15, -0.1) is 0 Å². The molecule has 0 aliphatic carbocycles. The number of sulfonamides is 1. The first-order valence-electron chi connectivity index (χ1n) is 9.27. The topological polar surface area (TPSA) is 119 Å². The van der Waals surface area contributed by atoms with Crippen molar-refractivity contribution < 1.29 is 22.7 Å². The van der Waals surface area contributed by atoms with Crippen LogP contribution < -0.4 is 15.8 Å². The predicted molar refractivity (Wildman–Crippen MR) is 113 cm³/mol. The van der Waals surface area contributed by atoms with E-state index in [1.165, 1.54) is 35.7 Å². The smallest absolute Gasteiger partial charge is 0.255 e. The molecule has 0 unspecified atom stereocenters. The number of hydrogen-bond donors (Lipinski definition) is 2. The highest BCUT2D eigenvalue weighted by Crippen LogP contribution is 2.31. The number of methoxy groups -OCH3 is 1. The molecular formula is C20H22ClN3O5S. The molecule has 2 aromatic carbocycles. The van der Waals surface area contributed by atoms with Crippen LogP contribution in [0, 0.1) is 5.92 Å². The Morgan fingerprint density at radius 2 is 1.87 bits per heavy atom. The zero-order valence-electron chi connectivity index (χ0n) is 16.3. The molecular weight excluding hydrogens is 430 g/mol. The Balaban J connectivity index is 1.85. The van der Waals surface area contributed by atoms with E-state index in [-0.39, 0.29) is 29.6 Å². The van der Waals surface area contributed by atoms with Gasteiger partial charge in [-0.2, -0.15) is 4.31 Å². The van der Waals surface area contributed by atoms with Crippen LogP contribution in [0.1, 0.15) is 23.2 Å². The van der Waals surface area contributed by atoms with E-state index in [1.54, 1.807) is 18.2 Å². The van der Waals surface area contributed by atoms with E-state index in [9.17, 15) is 18.0 Å². The van der Waals surface area contributed by atoms with Gasteiger partial charge in [0.15, 0.2) is 0 Å². The van der Waals surface area contributed by atoms with Crippen LogP contribution in [0.25, 0.3) is 0 Å². The average Bonchev–Trinajstić information content (AvgIpc) is 2.73. The van der Waals surface area contributed by atoms with Crippen LogP contribution in [0.3, 0.4) is 0 Å². The Hall–Kier alpha value is -2.62. The lowest BCUT2D eigenvalue weighted by atomic mass is 9.98. The summed E-state index contributed by atoms with van der Waals surface area (Å²) in [6.07, 6.45) is 0.756. The normalized spacial score (nSPS) is 15.5. The van der Waals surface area contributed by atoms with E-state index in [0.717, 1.165) is 0 Å². The van der Waals surface area contributed by atoms with Crippen molar-refractivity contribution >= 4 is 39.1 Å². The van der Waals surface area contributed by atoms with Gasteiger partial charge in [-0.25, -0.2) is 8.42 Å². The first kappa shape index (κ1) is 22.1. The van der Waals surface area contributed by atoms with E-state index in [4.69, 9.17) is 22.1 Å². The number of primary amides is 1. The van der Waals surface area contributed by atoms with Gasteiger partial charge in [-0.3, -0.25) is 9.59 Å². The Morgan fingerprint density at radius 1 is 1.17 bits per heavy atom. The minimum atomic E-state index is -3.81. The number of carbonyl (C=O) groups is 2. The molecule has 1 fully saturated rings. The van der Waals surface area contributed by atoms with Crippen LogP contribution >= 0.6 is 11.6 Å². The molecule has 1 aliphatic rings. The van der Waals surface area contributed by atoms with Crippen molar-refractivity contribution in [1.29, 1.82) is 0 Å². The van der Waals surface area contributed by atoms with Gasteiger partial charge in [0.05, 0.1) is 17.7 Å². The van der Waals surface area contributed by atoms with Crippen LogP contribution in [0.4, 0.5) is 5.69 Å². The molecule has 160 valence electrons. The first-order valence-corrected chi connectivity index (χ1v) is 11.1. The molecule has 0 aromatic heterocycles. The molecule has 30 heavy (non-hydrogen) atoms. The van der Waals surface area contributed by atoms with Crippen molar-refractivity contribution in [2.24, 2.45) is 11.7 Å². The van der Waals surface area contributed by atoms with Gasteiger partial charge in [0.25, 0.3) is 5.91 Å². The Labute approximate surface area is 180 Å². The molecule has 1 saturated heterocycles. The number of ether oxygens (including phenoxy) is 1. The molecule has 0 spiro atoms. The van der Waals surface area contributed by atoms with Crippen molar-refractivity contribution in [2.45, 2.75) is 17.7 Å². The standard InChI is InChI=1S/C20H22ClN3O5S/c1-29-18-6-5-16(30(27,28)24-9-7-13(8-10-24)19(22)25)12-17(18)23-20(26)14-3-2-4-15(21)11-14/h2-6,11-13H,7-10H2,1H3,(H2,22,25)(H,23,26). The maximum atomic E-state index is 13.1. The number of amides is 2. The molecule has 10 heteroatoms. The number of nitrogens with zero attached hydrogens (tertiary/aromatic N) is 1. The maximum absolute atomic E-state index is 13.1. The van der Waals surface area contributed by atoms with Crippen LogP contribution in [-0.2, 0) is 14.8 Å². The molecule has 2 amide bonds. The van der Waals surface area contributed by atoms with Gasteiger partial charge in [-0.05, 0) is 49.2 Å². The summed E-state index contributed by atoms with van der Waals surface area (Å²) in [5, 5.41) is 3.08. The molecule has 2 aromatic rings. The van der Waals surface area contributed by atoms with Crippen molar-refractivity contribution in [3.05, 3.63) is 53.1 Å². The fraction of sp³-hybridized carbons (Fsp3) is 0.300. The summed E-state index contributed by atoms with van der Waals surface area (Å²) >= 11 is 5.93. The van der Waals surface area contributed by atoms with Crippen LogP contribution in [0.15, 0.2) is 47.4 Å². The van der Waals surface area contributed by atoms with Gasteiger partial charge in [0, 0.05) is 29.6 Å². The second-order valence-corrected chi connectivity index (χ2v) is 9.28. The van der Waals surface area contributed by atoms with Crippen molar-refractivity contribution in [3.63, 3.8) is 0 Å². The van der Waals surface area contributed by atoms with Gasteiger partial charge in [-0.1, -0.05) is 17.7 Å². The monoisotopic (exact) mass is 451 g/mol. The third-order valence-electron chi connectivity index (χ3n) is 5.00. The number of anilines is 1. The number of halogens is 1. The quantitative estimate of drug-likeness (QED) is 0.699. The number of piperidine rings is 1. The fourth-order valence-corrected chi connectivity index (χ4v) is 4.99. The van der Waals surface area contributed by atoms with Crippen LogP contribution in [0.2, 0.25) is 5.02 Å². The minimum absolute atomic E-state index is 0.0159. The Morgan fingerprint density at radius 3 is 2.47 bits per heavy atom. The van der Waals surface area contributed by atoms with E-state index in [2.05, 4.69) is 5.32 Å². The van der Waals surface area contributed by atoms with Gasteiger partial charge < -0.3 is 15.8 Å². The van der Waals surface area contributed by atoms with Crippen LogP contribution in [-0.4, -0.2) is 44.7 Å². The lowest BCUT2D eigenvalue weighted by molar-refractivity contribution is -0.122. The third kappa shape index (κ3) is 4.75. The third-order valence-corrected chi connectivity index (χ3v) is 7.13. The summed E-state index contributed by atoms with van der Waals surface area (Å²) in [5.41, 5.74) is 5.86. The predicted octanol–water partition coefficient (Wildman–Crippen LogP) is 2.49. The highest BCUT2D eigenvalue weighted by atomic mass is 35.5. The minimum Gasteiger partial charge on any atom is -0.495 e. The van der Waals surface area contributed by atoms with Crippen molar-refractivity contribution in [1.82, 2.24) is 4.31 Å². The number of nitrogens with two attached hydrogens (primary N) is 1. The van der Waals surface area contributed by atoms with Crippen molar-refractivity contribution in [2.75, 3.05) is 25.5 Å². The highest BCUT2D eigenvalue weighted by Gasteiger charge is 2.31. The number of rotatable bonds is 6. The van der Waals surface area contributed by atoms with Gasteiger partial charge in [0.2, 0.25) is 15.9 Å². The molecule has 0 saturated carbocycles. The zero-order valence-corrected chi connectivity index (χ0v) is 17.9. The van der Waals surface area contributed by atoms with Crippen molar-refractivity contribution in [3.8, 4) is 5.75 Å². The second kappa shape index (κ2) is 9.03. The first-order chi connectivity index (χ1) is 14.2. The van der Waals surface area contributed by atoms with Gasteiger partial charge in [0.1, 0.15) is 5.75 Å². The lowest BCUT2D eigenvalue weighted by Crippen LogP contribution is -2.41. The highest BCUT2D eigenvalue weighted by molar-refractivity contribution is 7.89. The molecule has 1 heterocycles. The van der Waals surface area contributed by atoms with E-state index in [1.807, 2.05) is 0 Å². The molecule has 3 rings (SSSR count). The summed E-state index contributed by atoms with van der Waals surface area (Å²) in [6, 6.07) is 10.7.